The van der Waals surface area contributed by atoms with Crippen LogP contribution in [0.1, 0.15) is 67.6 Å². The van der Waals surface area contributed by atoms with Gasteiger partial charge in [0.05, 0.1) is 13.5 Å². The van der Waals surface area contributed by atoms with Gasteiger partial charge in [0, 0.05) is 23.8 Å². The number of carbonyl (C=O) groups is 1. The van der Waals surface area contributed by atoms with Crippen LogP contribution in [0.25, 0.3) is 0 Å². The summed E-state index contributed by atoms with van der Waals surface area (Å²) in [6.07, 6.45) is 6.11. The molecular formula is C26H30O6. The number of rotatable bonds is 7. The average Bonchev–Trinajstić information content (AvgIpc) is 2.71. The zero-order valence-corrected chi connectivity index (χ0v) is 18.9. The Kier molecular flexibility index (Phi) is 7.13. The highest BCUT2D eigenvalue weighted by Crippen LogP contribution is 2.44. The molecule has 2 aromatic carbocycles. The Balaban J connectivity index is 1.88. The number of aromatic hydroxyl groups is 3. The van der Waals surface area contributed by atoms with Gasteiger partial charge in [0.2, 0.25) is 0 Å². The van der Waals surface area contributed by atoms with Crippen molar-refractivity contribution in [3.63, 3.8) is 0 Å². The molecule has 0 amide bonds. The fraction of sp³-hybridized carbons (Fsp3) is 0.346. The van der Waals surface area contributed by atoms with Gasteiger partial charge in [0.1, 0.15) is 40.4 Å². The second kappa shape index (κ2) is 9.81. The second-order valence-electron chi connectivity index (χ2n) is 8.37. The first-order chi connectivity index (χ1) is 15.2. The molecule has 1 heterocycles. The number of benzene rings is 2. The minimum atomic E-state index is -0.747. The van der Waals surface area contributed by atoms with Crippen molar-refractivity contribution < 1.29 is 29.6 Å². The van der Waals surface area contributed by atoms with Crippen LogP contribution in [0, 0.1) is 0 Å². The molecule has 0 aromatic heterocycles. The zero-order valence-electron chi connectivity index (χ0n) is 18.9. The zero-order chi connectivity index (χ0) is 23.4. The molecule has 1 atom stereocenters. The van der Waals surface area contributed by atoms with Gasteiger partial charge in [0.15, 0.2) is 5.78 Å². The molecule has 6 nitrogen and oxygen atoms in total. The van der Waals surface area contributed by atoms with Gasteiger partial charge in [0.25, 0.3) is 0 Å². The molecule has 0 radical (unpaired) electrons. The van der Waals surface area contributed by atoms with E-state index in [0.717, 1.165) is 24.5 Å². The first-order valence-electron chi connectivity index (χ1n) is 10.6. The molecule has 0 fully saturated rings. The molecule has 1 aliphatic heterocycles. The lowest BCUT2D eigenvalue weighted by Crippen LogP contribution is -2.20. The lowest BCUT2D eigenvalue weighted by Gasteiger charge is -2.27. The first-order valence-corrected chi connectivity index (χ1v) is 10.6. The van der Waals surface area contributed by atoms with E-state index >= 15 is 0 Å². The summed E-state index contributed by atoms with van der Waals surface area (Å²) in [5.41, 5.74) is 3.92. The molecule has 6 heteroatoms. The first kappa shape index (κ1) is 23.3. The third kappa shape index (κ3) is 5.25. The number of ether oxygens (including phenoxy) is 2. The van der Waals surface area contributed by atoms with E-state index in [-0.39, 0.29) is 40.8 Å². The van der Waals surface area contributed by atoms with Crippen molar-refractivity contribution in [1.82, 2.24) is 0 Å². The van der Waals surface area contributed by atoms with Gasteiger partial charge in [-0.05, 0) is 51.7 Å². The Morgan fingerprint density at radius 1 is 1.09 bits per heavy atom. The number of Topliss-reactive ketones (excluding diaryl/α,β-unsaturated/α-hetero) is 1. The van der Waals surface area contributed by atoms with Crippen molar-refractivity contribution in [3.8, 4) is 28.7 Å². The van der Waals surface area contributed by atoms with E-state index in [1.54, 1.807) is 13.2 Å². The molecule has 2 aromatic rings. The summed E-state index contributed by atoms with van der Waals surface area (Å²) >= 11 is 0. The van der Waals surface area contributed by atoms with Crippen LogP contribution in [0.15, 0.2) is 47.6 Å². The maximum atomic E-state index is 12.6. The van der Waals surface area contributed by atoms with Gasteiger partial charge in [-0.3, -0.25) is 4.79 Å². The van der Waals surface area contributed by atoms with Crippen molar-refractivity contribution in [2.24, 2.45) is 0 Å². The Labute approximate surface area is 188 Å². The van der Waals surface area contributed by atoms with Gasteiger partial charge in [-0.1, -0.05) is 23.3 Å². The Hall–Kier alpha value is -3.41. The normalized spacial score (nSPS) is 15.7. The summed E-state index contributed by atoms with van der Waals surface area (Å²) in [6, 6.07) is 5.72. The SMILES string of the molecule is COc1cc(O)c(C2CC(=O)c3c(O)cc(O)cc3O2)cc1C/C=C(\C)CCC=C(C)C. The highest BCUT2D eigenvalue weighted by atomic mass is 16.5. The predicted octanol–water partition coefficient (Wildman–Crippen LogP) is 5.75. The van der Waals surface area contributed by atoms with Crippen LogP contribution in [-0.4, -0.2) is 28.2 Å². The van der Waals surface area contributed by atoms with E-state index in [4.69, 9.17) is 9.47 Å². The molecule has 0 saturated heterocycles. The van der Waals surface area contributed by atoms with Crippen LogP contribution in [0.5, 0.6) is 28.7 Å². The molecule has 0 aliphatic carbocycles. The van der Waals surface area contributed by atoms with Crippen molar-refractivity contribution in [2.45, 2.75) is 52.6 Å². The standard InChI is InChI=1S/C26H30O6/c1-15(2)6-5-7-16(3)8-9-17-10-19(20(28)13-23(17)31-4)24-14-22(30)26-21(29)11-18(27)12-25(26)32-24/h6,8,10-13,24,27-29H,5,7,9,14H2,1-4H3/b16-8+. The molecular weight excluding hydrogens is 408 g/mol. The highest BCUT2D eigenvalue weighted by Gasteiger charge is 2.32. The van der Waals surface area contributed by atoms with E-state index in [2.05, 4.69) is 32.9 Å². The summed E-state index contributed by atoms with van der Waals surface area (Å²) in [6.45, 7) is 6.26. The number of methoxy groups -OCH3 is 1. The molecule has 0 bridgehead atoms. The predicted molar refractivity (Wildman–Crippen MR) is 123 cm³/mol. The van der Waals surface area contributed by atoms with Crippen molar-refractivity contribution in [1.29, 1.82) is 0 Å². The van der Waals surface area contributed by atoms with E-state index in [0.29, 0.717) is 17.7 Å². The number of phenolic OH excluding ortho intramolecular Hbond substituents is 3. The number of hydrogen-bond acceptors (Lipinski definition) is 6. The van der Waals surface area contributed by atoms with E-state index < -0.39 is 6.10 Å². The van der Waals surface area contributed by atoms with Crippen LogP contribution in [-0.2, 0) is 6.42 Å². The molecule has 0 saturated carbocycles. The molecule has 3 rings (SSSR count). The lowest BCUT2D eigenvalue weighted by molar-refractivity contribution is 0.0842. The van der Waals surface area contributed by atoms with Crippen molar-refractivity contribution in [2.75, 3.05) is 7.11 Å². The third-order valence-electron chi connectivity index (χ3n) is 5.52. The van der Waals surface area contributed by atoms with Gasteiger partial charge >= 0.3 is 0 Å². The van der Waals surface area contributed by atoms with E-state index in [9.17, 15) is 20.1 Å². The van der Waals surface area contributed by atoms with Gasteiger partial charge in [-0.25, -0.2) is 0 Å². The number of hydrogen-bond donors (Lipinski definition) is 3. The van der Waals surface area contributed by atoms with Crippen molar-refractivity contribution in [3.05, 3.63) is 64.3 Å². The quantitative estimate of drug-likeness (QED) is 0.476. The summed E-state index contributed by atoms with van der Waals surface area (Å²) < 4.78 is 11.3. The smallest absolute Gasteiger partial charge is 0.174 e. The lowest BCUT2D eigenvalue weighted by atomic mass is 9.93. The molecule has 0 spiro atoms. The van der Waals surface area contributed by atoms with Crippen LogP contribution in [0.4, 0.5) is 0 Å². The summed E-state index contributed by atoms with van der Waals surface area (Å²) in [7, 11) is 1.55. The number of ketones is 1. The molecule has 32 heavy (non-hydrogen) atoms. The van der Waals surface area contributed by atoms with Crippen molar-refractivity contribution >= 4 is 5.78 Å². The summed E-state index contributed by atoms with van der Waals surface area (Å²) in [5.74, 6) is -0.242. The Morgan fingerprint density at radius 2 is 1.84 bits per heavy atom. The summed E-state index contributed by atoms with van der Waals surface area (Å²) in [5, 5.41) is 30.4. The van der Waals surface area contributed by atoms with E-state index in [1.165, 1.54) is 23.3 Å². The molecule has 1 aliphatic rings. The Morgan fingerprint density at radius 3 is 2.53 bits per heavy atom. The molecule has 170 valence electrons. The third-order valence-corrected chi connectivity index (χ3v) is 5.52. The van der Waals surface area contributed by atoms with Crippen LogP contribution < -0.4 is 9.47 Å². The second-order valence-corrected chi connectivity index (χ2v) is 8.37. The van der Waals surface area contributed by atoms with E-state index in [1.807, 2.05) is 0 Å². The minimum absolute atomic E-state index is 0.0394. The number of allylic oxidation sites excluding steroid dienone is 4. The number of fused-ring (bicyclic) bond motifs is 1. The number of carbonyl (C=O) groups excluding carboxylic acids is 1. The van der Waals surface area contributed by atoms with Gasteiger partial charge in [-0.2, -0.15) is 0 Å². The number of phenols is 3. The Bertz CT molecular complexity index is 1080. The fourth-order valence-corrected chi connectivity index (χ4v) is 3.81. The van der Waals surface area contributed by atoms with Crippen LogP contribution in [0.3, 0.4) is 0 Å². The summed E-state index contributed by atoms with van der Waals surface area (Å²) in [4.78, 5) is 12.6. The largest absolute Gasteiger partial charge is 0.508 e. The molecule has 3 N–H and O–H groups in total. The van der Waals surface area contributed by atoms with Gasteiger partial charge < -0.3 is 24.8 Å². The van der Waals surface area contributed by atoms with Crippen LogP contribution >= 0.6 is 0 Å². The maximum Gasteiger partial charge on any atom is 0.174 e. The maximum absolute atomic E-state index is 12.6. The monoisotopic (exact) mass is 438 g/mol. The highest BCUT2D eigenvalue weighted by molar-refractivity contribution is 6.02. The molecule has 1 unspecified atom stereocenters. The topological polar surface area (TPSA) is 96.2 Å². The fourth-order valence-electron chi connectivity index (χ4n) is 3.81. The van der Waals surface area contributed by atoms with Gasteiger partial charge in [-0.15, -0.1) is 0 Å². The van der Waals surface area contributed by atoms with Crippen LogP contribution in [0.2, 0.25) is 0 Å². The average molecular weight is 439 g/mol. The minimum Gasteiger partial charge on any atom is -0.508 e.